The van der Waals surface area contributed by atoms with Crippen LogP contribution in [0.1, 0.15) is 25.5 Å². The highest BCUT2D eigenvalue weighted by atomic mass is 19.4. The number of aliphatic hydroxyl groups is 1. The van der Waals surface area contributed by atoms with Crippen molar-refractivity contribution in [3.8, 4) is 5.75 Å². The molecule has 2 N–H and O–H groups in total. The molecule has 3 nitrogen and oxygen atoms in total. The molecule has 1 aromatic rings. The van der Waals surface area contributed by atoms with Gasteiger partial charge < -0.3 is 15.2 Å². The van der Waals surface area contributed by atoms with E-state index in [9.17, 15) is 13.2 Å². The van der Waals surface area contributed by atoms with E-state index in [1.54, 1.807) is 26.0 Å². The van der Waals surface area contributed by atoms with Crippen LogP contribution in [0.4, 0.5) is 13.2 Å². The van der Waals surface area contributed by atoms with Crippen LogP contribution in [0.2, 0.25) is 0 Å². The first kappa shape index (κ1) is 14.1. The molecule has 0 spiro atoms. The zero-order chi connectivity index (χ0) is 14.3. The Hall–Kier alpha value is -1.27. The van der Waals surface area contributed by atoms with Crippen LogP contribution in [0, 0.1) is 0 Å². The number of nitrogens with one attached hydrogen (secondary N) is 1. The van der Waals surface area contributed by atoms with Crippen LogP contribution < -0.4 is 10.1 Å². The number of hydrogen-bond acceptors (Lipinski definition) is 3. The second kappa shape index (κ2) is 4.68. The first-order chi connectivity index (χ1) is 8.72. The van der Waals surface area contributed by atoms with Gasteiger partial charge in [0.05, 0.1) is 6.04 Å². The smallest absolute Gasteiger partial charge is 0.415 e. The molecule has 0 radical (unpaired) electrons. The molecule has 6 heteroatoms. The van der Waals surface area contributed by atoms with Crippen LogP contribution in [0.15, 0.2) is 24.3 Å². The zero-order valence-electron chi connectivity index (χ0n) is 10.7. The van der Waals surface area contributed by atoms with Gasteiger partial charge in [-0.05, 0) is 19.9 Å². The van der Waals surface area contributed by atoms with Crippen LogP contribution in [0.5, 0.6) is 5.75 Å². The van der Waals surface area contributed by atoms with E-state index in [4.69, 9.17) is 9.84 Å². The number of aliphatic hydroxyl groups excluding tert-OH is 1. The normalized spacial score (nSPS) is 22.7. The Kier molecular flexibility index (Phi) is 3.49. The lowest BCUT2D eigenvalue weighted by Gasteiger charge is -2.28. The van der Waals surface area contributed by atoms with E-state index in [0.717, 1.165) is 5.56 Å². The SMILES string of the molecule is CC1(C)Oc2ccccc2C1NCC(O)C(F)(F)F. The van der Waals surface area contributed by atoms with Crippen LogP contribution >= 0.6 is 0 Å². The Balaban J connectivity index is 2.11. The van der Waals surface area contributed by atoms with Gasteiger partial charge in [0.25, 0.3) is 0 Å². The minimum Gasteiger partial charge on any atom is -0.486 e. The maximum atomic E-state index is 12.3. The summed E-state index contributed by atoms with van der Waals surface area (Å²) in [6, 6.07) is 6.81. The van der Waals surface area contributed by atoms with Crippen LogP contribution in [-0.4, -0.2) is 29.5 Å². The summed E-state index contributed by atoms with van der Waals surface area (Å²) >= 11 is 0. The third-order valence-corrected chi connectivity index (χ3v) is 3.19. The molecule has 1 aliphatic rings. The molecule has 1 aromatic carbocycles. The van der Waals surface area contributed by atoms with Gasteiger partial charge in [0.1, 0.15) is 11.4 Å². The lowest BCUT2D eigenvalue weighted by Crippen LogP contribution is -2.45. The third kappa shape index (κ3) is 2.84. The summed E-state index contributed by atoms with van der Waals surface area (Å²) in [7, 11) is 0. The van der Waals surface area contributed by atoms with Crippen LogP contribution in [0.25, 0.3) is 0 Å². The first-order valence-electron chi connectivity index (χ1n) is 5.98. The van der Waals surface area contributed by atoms with Gasteiger partial charge in [0.15, 0.2) is 6.10 Å². The number of ether oxygens (including phenoxy) is 1. The number of benzene rings is 1. The molecule has 19 heavy (non-hydrogen) atoms. The molecule has 0 amide bonds. The fourth-order valence-electron chi connectivity index (χ4n) is 2.23. The zero-order valence-corrected chi connectivity index (χ0v) is 10.7. The predicted octanol–water partition coefficient (Wildman–Crippen LogP) is 2.41. The minimum absolute atomic E-state index is 0.388. The largest absolute Gasteiger partial charge is 0.486 e. The maximum Gasteiger partial charge on any atom is 0.415 e. The molecule has 0 aromatic heterocycles. The van der Waals surface area contributed by atoms with Gasteiger partial charge in [-0.25, -0.2) is 0 Å². The molecule has 1 heterocycles. The van der Waals surface area contributed by atoms with E-state index < -0.39 is 24.4 Å². The summed E-state index contributed by atoms with van der Waals surface area (Å²) in [4.78, 5) is 0. The lowest BCUT2D eigenvalue weighted by molar-refractivity contribution is -0.202. The van der Waals surface area contributed by atoms with Crippen molar-refractivity contribution in [3.05, 3.63) is 29.8 Å². The lowest BCUT2D eigenvalue weighted by atomic mass is 9.94. The second-order valence-corrected chi connectivity index (χ2v) is 5.14. The molecule has 0 bridgehead atoms. The van der Waals surface area contributed by atoms with Gasteiger partial charge in [-0.2, -0.15) is 13.2 Å². The summed E-state index contributed by atoms with van der Waals surface area (Å²) in [5.74, 6) is 0.659. The molecule has 0 aliphatic carbocycles. The highest BCUT2D eigenvalue weighted by Crippen LogP contribution is 2.42. The van der Waals surface area contributed by atoms with Crippen molar-refractivity contribution in [2.75, 3.05) is 6.54 Å². The molecule has 0 saturated carbocycles. The minimum atomic E-state index is -4.61. The third-order valence-electron chi connectivity index (χ3n) is 3.19. The molecule has 2 rings (SSSR count). The van der Waals surface area contributed by atoms with Crippen LogP contribution in [0.3, 0.4) is 0 Å². The molecular weight excluding hydrogens is 259 g/mol. The maximum absolute atomic E-state index is 12.3. The van der Waals surface area contributed by atoms with Crippen molar-refractivity contribution < 1.29 is 23.0 Å². The van der Waals surface area contributed by atoms with Crippen molar-refractivity contribution >= 4 is 0 Å². The van der Waals surface area contributed by atoms with Gasteiger partial charge in [0, 0.05) is 12.1 Å². The number of alkyl halides is 3. The number of para-hydroxylation sites is 1. The Labute approximate surface area is 109 Å². The quantitative estimate of drug-likeness (QED) is 0.890. The van der Waals surface area contributed by atoms with E-state index in [1.165, 1.54) is 0 Å². The van der Waals surface area contributed by atoms with Crippen molar-refractivity contribution in [1.29, 1.82) is 0 Å². The molecule has 1 aliphatic heterocycles. The van der Waals surface area contributed by atoms with E-state index in [1.807, 2.05) is 12.1 Å². The molecular formula is C13H16F3NO2. The van der Waals surface area contributed by atoms with Gasteiger partial charge in [-0.1, -0.05) is 18.2 Å². The summed E-state index contributed by atoms with van der Waals surface area (Å²) in [6.45, 7) is 3.03. The van der Waals surface area contributed by atoms with Gasteiger partial charge >= 0.3 is 6.18 Å². The Morgan fingerprint density at radius 3 is 2.63 bits per heavy atom. The van der Waals surface area contributed by atoms with Crippen molar-refractivity contribution in [2.24, 2.45) is 0 Å². The number of halogens is 3. The Bertz CT molecular complexity index is 459. The summed E-state index contributed by atoms with van der Waals surface area (Å²) in [5, 5.41) is 11.8. The summed E-state index contributed by atoms with van der Waals surface area (Å²) in [6.07, 6.45) is -6.99. The topological polar surface area (TPSA) is 41.5 Å². The molecule has 0 fully saturated rings. The Morgan fingerprint density at radius 2 is 2.00 bits per heavy atom. The number of hydrogen-bond donors (Lipinski definition) is 2. The average molecular weight is 275 g/mol. The summed E-state index contributed by atoms with van der Waals surface area (Å²) < 4.78 is 42.6. The molecule has 2 unspecified atom stereocenters. The number of rotatable bonds is 3. The van der Waals surface area contributed by atoms with Gasteiger partial charge in [0.2, 0.25) is 0 Å². The van der Waals surface area contributed by atoms with E-state index in [0.29, 0.717) is 5.75 Å². The highest BCUT2D eigenvalue weighted by Gasteiger charge is 2.43. The van der Waals surface area contributed by atoms with E-state index in [-0.39, 0.29) is 6.04 Å². The fourth-order valence-corrected chi connectivity index (χ4v) is 2.23. The van der Waals surface area contributed by atoms with Crippen LogP contribution in [-0.2, 0) is 0 Å². The number of fused-ring (bicyclic) bond motifs is 1. The average Bonchev–Trinajstić information content (AvgIpc) is 2.54. The van der Waals surface area contributed by atoms with Crippen molar-refractivity contribution in [1.82, 2.24) is 5.32 Å². The monoisotopic (exact) mass is 275 g/mol. The van der Waals surface area contributed by atoms with Crippen molar-refractivity contribution in [2.45, 2.75) is 37.8 Å². The second-order valence-electron chi connectivity index (χ2n) is 5.14. The predicted molar refractivity (Wildman–Crippen MR) is 64.0 cm³/mol. The van der Waals surface area contributed by atoms with Crippen molar-refractivity contribution in [3.63, 3.8) is 0 Å². The highest BCUT2D eigenvalue weighted by molar-refractivity contribution is 5.42. The van der Waals surface area contributed by atoms with E-state index in [2.05, 4.69) is 5.32 Å². The first-order valence-corrected chi connectivity index (χ1v) is 5.98. The molecule has 2 atom stereocenters. The van der Waals surface area contributed by atoms with Gasteiger partial charge in [-0.3, -0.25) is 0 Å². The van der Waals surface area contributed by atoms with Gasteiger partial charge in [-0.15, -0.1) is 0 Å². The molecule has 106 valence electrons. The molecule has 0 saturated heterocycles. The standard InChI is InChI=1S/C13H16F3NO2/c1-12(2)11(17-7-10(18)13(14,15)16)8-5-3-4-6-9(8)19-12/h3-6,10-11,17-18H,7H2,1-2H3. The van der Waals surface area contributed by atoms with E-state index >= 15 is 0 Å². The summed E-state index contributed by atoms with van der Waals surface area (Å²) in [5.41, 5.74) is 0.150. The fraction of sp³-hybridized carbons (Fsp3) is 0.538. The Morgan fingerprint density at radius 1 is 1.37 bits per heavy atom.